The third kappa shape index (κ3) is 4.37. The molecule has 0 spiro atoms. The van der Waals surface area contributed by atoms with E-state index in [1.54, 1.807) is 18.2 Å². The molecule has 104 valence electrons. The van der Waals surface area contributed by atoms with Crippen molar-refractivity contribution < 1.29 is 8.81 Å². The minimum atomic E-state index is -0.256. The molecule has 1 aromatic carbocycles. The van der Waals surface area contributed by atoms with Crippen molar-refractivity contribution in [2.75, 3.05) is 6.54 Å². The highest BCUT2D eigenvalue weighted by molar-refractivity contribution is 5.85. The van der Waals surface area contributed by atoms with Crippen LogP contribution >= 0.6 is 12.4 Å². The molecule has 0 unspecified atom stereocenters. The normalized spacial score (nSPS) is 10.5. The second-order valence-electron chi connectivity index (χ2n) is 4.77. The molecular formula is C15H19ClFNO. The summed E-state index contributed by atoms with van der Waals surface area (Å²) in [5.41, 5.74) is 0.507. The molecule has 2 rings (SSSR count). The van der Waals surface area contributed by atoms with Gasteiger partial charge < -0.3 is 9.73 Å². The van der Waals surface area contributed by atoms with E-state index in [9.17, 15) is 4.39 Å². The molecule has 0 saturated heterocycles. The van der Waals surface area contributed by atoms with Crippen LogP contribution in [-0.4, -0.2) is 6.54 Å². The van der Waals surface area contributed by atoms with E-state index in [4.69, 9.17) is 4.42 Å². The zero-order valence-corrected chi connectivity index (χ0v) is 12.0. The Morgan fingerprint density at radius 2 is 1.89 bits per heavy atom. The lowest BCUT2D eigenvalue weighted by atomic mass is 10.1. The Morgan fingerprint density at radius 3 is 2.58 bits per heavy atom. The first-order valence-electron chi connectivity index (χ1n) is 6.21. The third-order valence-electron chi connectivity index (χ3n) is 2.65. The molecule has 0 fully saturated rings. The van der Waals surface area contributed by atoms with Gasteiger partial charge in [-0.15, -0.1) is 12.4 Å². The number of hydrogen-bond donors (Lipinski definition) is 1. The van der Waals surface area contributed by atoms with Crippen LogP contribution in [0.4, 0.5) is 4.39 Å². The highest BCUT2D eigenvalue weighted by atomic mass is 35.5. The van der Waals surface area contributed by atoms with Gasteiger partial charge in [0.05, 0.1) is 12.1 Å². The summed E-state index contributed by atoms with van der Waals surface area (Å²) in [6.07, 6.45) is 0. The number of halogens is 2. The summed E-state index contributed by atoms with van der Waals surface area (Å²) < 4.78 is 19.2. The van der Waals surface area contributed by atoms with Crippen molar-refractivity contribution in [3.8, 4) is 11.3 Å². The van der Waals surface area contributed by atoms with E-state index < -0.39 is 0 Å². The maximum absolute atomic E-state index is 13.6. The molecule has 19 heavy (non-hydrogen) atoms. The van der Waals surface area contributed by atoms with Crippen molar-refractivity contribution in [2.24, 2.45) is 5.92 Å². The van der Waals surface area contributed by atoms with Gasteiger partial charge in [-0.25, -0.2) is 4.39 Å². The quantitative estimate of drug-likeness (QED) is 0.887. The van der Waals surface area contributed by atoms with Crippen molar-refractivity contribution in [1.82, 2.24) is 5.32 Å². The highest BCUT2D eigenvalue weighted by Gasteiger charge is 2.08. The van der Waals surface area contributed by atoms with Gasteiger partial charge >= 0.3 is 0 Å². The standard InChI is InChI=1S/C15H18FNO.ClH/c1-11(2)9-17-10-12-7-8-15(18-12)13-5-3-4-6-14(13)16;/h3-8,11,17H,9-10H2,1-2H3;1H. The number of benzene rings is 1. The van der Waals surface area contributed by atoms with E-state index in [0.717, 1.165) is 12.3 Å². The monoisotopic (exact) mass is 283 g/mol. The average molecular weight is 284 g/mol. The molecule has 1 N–H and O–H groups in total. The molecule has 2 aromatic rings. The van der Waals surface area contributed by atoms with Gasteiger partial charge in [-0.2, -0.15) is 0 Å². The first-order chi connectivity index (χ1) is 8.66. The topological polar surface area (TPSA) is 25.2 Å². The Labute approximate surface area is 119 Å². The first-order valence-corrected chi connectivity index (χ1v) is 6.21. The lowest BCUT2D eigenvalue weighted by Gasteiger charge is -2.05. The fourth-order valence-corrected chi connectivity index (χ4v) is 1.76. The van der Waals surface area contributed by atoms with Crippen LogP contribution in [0, 0.1) is 11.7 Å². The molecule has 0 saturated carbocycles. The Balaban J connectivity index is 0.00000180. The van der Waals surface area contributed by atoms with E-state index in [0.29, 0.717) is 23.8 Å². The van der Waals surface area contributed by atoms with E-state index in [-0.39, 0.29) is 18.2 Å². The van der Waals surface area contributed by atoms with Crippen molar-refractivity contribution in [2.45, 2.75) is 20.4 Å². The minimum absolute atomic E-state index is 0. The van der Waals surface area contributed by atoms with Gasteiger partial charge in [0.25, 0.3) is 0 Å². The molecule has 0 aliphatic carbocycles. The minimum Gasteiger partial charge on any atom is -0.460 e. The largest absolute Gasteiger partial charge is 0.460 e. The van der Waals surface area contributed by atoms with Crippen molar-refractivity contribution in [3.05, 3.63) is 48.0 Å². The van der Waals surface area contributed by atoms with Crippen LogP contribution in [0.5, 0.6) is 0 Å². The second-order valence-corrected chi connectivity index (χ2v) is 4.77. The number of furan rings is 1. The van der Waals surface area contributed by atoms with Gasteiger partial charge in [0, 0.05) is 0 Å². The number of rotatable bonds is 5. The highest BCUT2D eigenvalue weighted by Crippen LogP contribution is 2.24. The molecule has 0 amide bonds. The number of hydrogen-bond acceptors (Lipinski definition) is 2. The molecule has 4 heteroatoms. The smallest absolute Gasteiger partial charge is 0.137 e. The zero-order chi connectivity index (χ0) is 13.0. The van der Waals surface area contributed by atoms with E-state index >= 15 is 0 Å². The molecule has 1 heterocycles. The fourth-order valence-electron chi connectivity index (χ4n) is 1.76. The predicted octanol–water partition coefficient (Wildman–Crippen LogP) is 4.25. The van der Waals surface area contributed by atoms with Crippen molar-refractivity contribution in [3.63, 3.8) is 0 Å². The maximum Gasteiger partial charge on any atom is 0.137 e. The van der Waals surface area contributed by atoms with Crippen LogP contribution in [0.2, 0.25) is 0 Å². The summed E-state index contributed by atoms with van der Waals surface area (Å²) in [5.74, 6) is 1.75. The summed E-state index contributed by atoms with van der Waals surface area (Å²) in [7, 11) is 0. The Bertz CT molecular complexity index is 510. The van der Waals surface area contributed by atoms with Crippen molar-refractivity contribution in [1.29, 1.82) is 0 Å². The van der Waals surface area contributed by atoms with Crippen LogP contribution in [0.25, 0.3) is 11.3 Å². The fraction of sp³-hybridized carbons (Fsp3) is 0.333. The molecule has 0 aliphatic heterocycles. The van der Waals surface area contributed by atoms with Gasteiger partial charge in [0.1, 0.15) is 17.3 Å². The predicted molar refractivity (Wildman–Crippen MR) is 77.9 cm³/mol. The Kier molecular flexibility index (Phi) is 6.06. The summed E-state index contributed by atoms with van der Waals surface area (Å²) in [6, 6.07) is 10.3. The molecule has 0 radical (unpaired) electrons. The van der Waals surface area contributed by atoms with Crippen LogP contribution in [0.15, 0.2) is 40.8 Å². The molecular weight excluding hydrogens is 265 g/mol. The van der Waals surface area contributed by atoms with E-state index in [1.807, 2.05) is 12.1 Å². The SMILES string of the molecule is CC(C)CNCc1ccc(-c2ccccc2F)o1.Cl. The summed E-state index contributed by atoms with van der Waals surface area (Å²) >= 11 is 0. The first kappa shape index (κ1) is 15.7. The molecule has 1 aromatic heterocycles. The van der Waals surface area contributed by atoms with Gasteiger partial charge in [-0.05, 0) is 36.7 Å². The molecule has 0 atom stereocenters. The summed E-state index contributed by atoms with van der Waals surface area (Å²) in [6.45, 7) is 5.92. The van der Waals surface area contributed by atoms with E-state index in [1.165, 1.54) is 6.07 Å². The summed E-state index contributed by atoms with van der Waals surface area (Å²) in [4.78, 5) is 0. The van der Waals surface area contributed by atoms with Gasteiger partial charge in [0.2, 0.25) is 0 Å². The Morgan fingerprint density at radius 1 is 1.16 bits per heavy atom. The van der Waals surface area contributed by atoms with Gasteiger partial charge in [-0.1, -0.05) is 26.0 Å². The Hall–Kier alpha value is -1.32. The zero-order valence-electron chi connectivity index (χ0n) is 11.2. The van der Waals surface area contributed by atoms with Crippen LogP contribution < -0.4 is 5.32 Å². The van der Waals surface area contributed by atoms with Gasteiger partial charge in [-0.3, -0.25) is 0 Å². The average Bonchev–Trinajstić information content (AvgIpc) is 2.78. The molecule has 0 aliphatic rings. The van der Waals surface area contributed by atoms with Gasteiger partial charge in [0.15, 0.2) is 0 Å². The number of nitrogens with one attached hydrogen (secondary N) is 1. The van der Waals surface area contributed by atoms with Crippen LogP contribution in [0.3, 0.4) is 0 Å². The lowest BCUT2D eigenvalue weighted by molar-refractivity contribution is 0.470. The summed E-state index contributed by atoms with van der Waals surface area (Å²) in [5, 5.41) is 3.29. The third-order valence-corrected chi connectivity index (χ3v) is 2.65. The second kappa shape index (κ2) is 7.31. The maximum atomic E-state index is 13.6. The van der Waals surface area contributed by atoms with E-state index in [2.05, 4.69) is 19.2 Å². The van der Waals surface area contributed by atoms with Crippen LogP contribution in [-0.2, 0) is 6.54 Å². The molecule has 0 bridgehead atoms. The van der Waals surface area contributed by atoms with Crippen molar-refractivity contribution >= 4 is 12.4 Å². The lowest BCUT2D eigenvalue weighted by Crippen LogP contribution is -2.18. The molecule has 2 nitrogen and oxygen atoms in total. The van der Waals surface area contributed by atoms with Crippen LogP contribution in [0.1, 0.15) is 19.6 Å².